The van der Waals surface area contributed by atoms with Gasteiger partial charge >= 0.3 is 5.69 Å². The highest BCUT2D eigenvalue weighted by Gasteiger charge is 2.45. The van der Waals surface area contributed by atoms with E-state index in [-0.39, 0.29) is 53.5 Å². The number of nitrogens with one attached hydrogen (secondary N) is 1. The van der Waals surface area contributed by atoms with Gasteiger partial charge in [-0.15, -0.1) is 0 Å². The maximum atomic E-state index is 15.6. The first-order valence-electron chi connectivity index (χ1n) is 15.3. The minimum absolute atomic E-state index is 0.0140. The largest absolute Gasteiger partial charge is 0.489 e. The number of hydrogen-bond donors (Lipinski definition) is 1. The molecule has 2 aromatic heterocycles. The predicted octanol–water partition coefficient (Wildman–Crippen LogP) is 3.95. The van der Waals surface area contributed by atoms with Crippen LogP contribution in [0.3, 0.4) is 0 Å². The van der Waals surface area contributed by atoms with Crippen LogP contribution in [0.1, 0.15) is 53.4 Å². The van der Waals surface area contributed by atoms with Gasteiger partial charge in [0.2, 0.25) is 5.95 Å². The summed E-state index contributed by atoms with van der Waals surface area (Å²) in [7, 11) is 4.71. The molecule has 2 aliphatic rings. The summed E-state index contributed by atoms with van der Waals surface area (Å²) in [6, 6.07) is 3.25. The van der Waals surface area contributed by atoms with Crippen molar-refractivity contribution in [3.05, 3.63) is 39.7 Å². The van der Waals surface area contributed by atoms with Crippen LogP contribution in [0.2, 0.25) is 5.02 Å². The maximum absolute atomic E-state index is 15.6. The Morgan fingerprint density at radius 2 is 1.96 bits per heavy atom. The van der Waals surface area contributed by atoms with E-state index in [1.807, 2.05) is 13.8 Å². The highest BCUT2D eigenvalue weighted by molar-refractivity contribution is 6.32. The quantitative estimate of drug-likeness (QED) is 0.307. The molecule has 0 saturated carbocycles. The highest BCUT2D eigenvalue weighted by Crippen LogP contribution is 2.41. The first-order valence-corrected chi connectivity index (χ1v) is 15.6. The summed E-state index contributed by atoms with van der Waals surface area (Å²) in [6.07, 6.45) is 5.43. The second kappa shape index (κ2) is 13.6. The molecule has 4 atom stereocenters. The smallest absolute Gasteiger partial charge is 0.368 e. The van der Waals surface area contributed by atoms with Crippen molar-refractivity contribution in [2.75, 3.05) is 44.1 Å². The molecule has 1 aromatic carbocycles. The van der Waals surface area contributed by atoms with E-state index in [0.717, 1.165) is 28.8 Å². The second-order valence-electron chi connectivity index (χ2n) is 12.5. The molecular formula is C30H43ClFN9O4. The monoisotopic (exact) mass is 647 g/mol. The number of nitrogens with zero attached hydrogens (tertiary/aromatic N) is 8. The fourth-order valence-electron chi connectivity index (χ4n) is 6.37. The first-order chi connectivity index (χ1) is 21.4. The van der Waals surface area contributed by atoms with Gasteiger partial charge in [0.15, 0.2) is 11.6 Å². The third kappa shape index (κ3) is 7.08. The first kappa shape index (κ1) is 33.0. The number of ether oxygens (including phenoxy) is 3. The number of fused-ring (bicyclic) bond motifs is 1. The van der Waals surface area contributed by atoms with E-state index in [1.165, 1.54) is 38.2 Å². The zero-order valence-electron chi connectivity index (χ0n) is 27.0. The lowest BCUT2D eigenvalue weighted by atomic mass is 9.83. The number of anilines is 3. The molecule has 5 rings (SSSR count). The molecule has 15 heteroatoms. The molecule has 0 radical (unpaired) electrons. The molecule has 0 aliphatic carbocycles. The zero-order chi connectivity index (χ0) is 32.5. The Labute approximate surface area is 267 Å². The number of methoxy groups -OCH3 is 2. The second-order valence-corrected chi connectivity index (χ2v) is 12.9. The fraction of sp³-hybridized carbons (Fsp3) is 0.633. The van der Waals surface area contributed by atoms with Crippen molar-refractivity contribution in [1.29, 1.82) is 0 Å². The summed E-state index contributed by atoms with van der Waals surface area (Å²) < 4.78 is 34.4. The van der Waals surface area contributed by atoms with E-state index >= 15 is 4.39 Å². The van der Waals surface area contributed by atoms with Gasteiger partial charge in [-0.3, -0.25) is 4.90 Å². The number of halogens is 2. The van der Waals surface area contributed by atoms with Crippen molar-refractivity contribution in [2.45, 2.75) is 83.2 Å². The maximum Gasteiger partial charge on any atom is 0.368 e. The van der Waals surface area contributed by atoms with Crippen molar-refractivity contribution in [2.24, 2.45) is 7.05 Å². The summed E-state index contributed by atoms with van der Waals surface area (Å²) in [4.78, 5) is 26.8. The molecular weight excluding hydrogens is 605 g/mol. The molecule has 0 amide bonds. The van der Waals surface area contributed by atoms with Gasteiger partial charge in [0.1, 0.15) is 23.1 Å². The van der Waals surface area contributed by atoms with E-state index in [1.54, 1.807) is 14.2 Å². The van der Waals surface area contributed by atoms with Gasteiger partial charge in [-0.1, -0.05) is 11.6 Å². The minimum atomic E-state index is -0.643. The number of aromatic nitrogens is 6. The van der Waals surface area contributed by atoms with Crippen LogP contribution in [-0.4, -0.2) is 98.4 Å². The standard InChI is InChI=1S/C30H43ClFN9O4/c1-18(43-6)16-39(21-11-20-9-8-10-40(20)30(3,4)14-21)27-22(31)15-33-28(35-27)34-24-13-25(41-29(42)38(5)36-37-41)26(12-23(24)32)45-17-19(2)44-7/h12-13,15,18-21H,8-11,14,16-17H2,1-7H3,(H,33,34,35). The molecule has 4 unspecified atom stereocenters. The van der Waals surface area contributed by atoms with Gasteiger partial charge in [0.25, 0.3) is 0 Å². The topological polar surface area (TPSA) is 125 Å². The normalized spacial score (nSPS) is 20.9. The summed E-state index contributed by atoms with van der Waals surface area (Å²) in [6.45, 7) is 10.2. The fourth-order valence-corrected chi connectivity index (χ4v) is 6.57. The average Bonchev–Trinajstić information content (AvgIpc) is 3.63. The average molecular weight is 648 g/mol. The van der Waals surface area contributed by atoms with E-state index in [2.05, 4.69) is 44.4 Å². The van der Waals surface area contributed by atoms with Crippen molar-refractivity contribution in [3.63, 3.8) is 0 Å². The van der Waals surface area contributed by atoms with Gasteiger partial charge < -0.3 is 24.4 Å². The van der Waals surface area contributed by atoms with Crippen LogP contribution >= 0.6 is 11.6 Å². The molecule has 1 N–H and O–H groups in total. The Kier molecular flexibility index (Phi) is 9.97. The molecule has 45 heavy (non-hydrogen) atoms. The Balaban J connectivity index is 1.50. The van der Waals surface area contributed by atoms with Crippen molar-refractivity contribution < 1.29 is 18.6 Å². The van der Waals surface area contributed by atoms with Crippen LogP contribution in [0.5, 0.6) is 5.75 Å². The van der Waals surface area contributed by atoms with Crippen LogP contribution in [0.4, 0.5) is 21.8 Å². The van der Waals surface area contributed by atoms with Gasteiger partial charge in [0, 0.05) is 51.5 Å². The molecule has 2 saturated heterocycles. The number of piperidine rings is 1. The van der Waals surface area contributed by atoms with Gasteiger partial charge in [0.05, 0.1) is 24.1 Å². The van der Waals surface area contributed by atoms with E-state index in [4.69, 9.17) is 30.8 Å². The van der Waals surface area contributed by atoms with Crippen LogP contribution < -0.4 is 20.6 Å². The number of tetrazole rings is 1. The molecule has 13 nitrogen and oxygen atoms in total. The van der Waals surface area contributed by atoms with Crippen LogP contribution in [0.15, 0.2) is 23.1 Å². The number of rotatable bonds is 12. The van der Waals surface area contributed by atoms with Gasteiger partial charge in [-0.2, -0.15) is 14.3 Å². The Hall–Kier alpha value is -3.33. The lowest BCUT2D eigenvalue weighted by Gasteiger charge is -2.51. The SMILES string of the molecule is COC(C)COc1cc(F)c(Nc2ncc(Cl)c(N(CC(C)OC)C3CC4CCCN4C(C)(C)C3)n2)cc1-n1nnn(C)c1=O. The lowest BCUT2D eigenvalue weighted by molar-refractivity contribution is 0.0404. The van der Waals surface area contributed by atoms with Crippen LogP contribution in [0.25, 0.3) is 5.69 Å². The van der Waals surface area contributed by atoms with Gasteiger partial charge in [-0.25, -0.2) is 14.2 Å². The summed E-state index contributed by atoms with van der Waals surface area (Å²) >= 11 is 6.77. The van der Waals surface area contributed by atoms with Crippen LogP contribution in [-0.2, 0) is 16.5 Å². The third-order valence-electron chi connectivity index (χ3n) is 8.85. The number of hydrogen-bond acceptors (Lipinski definition) is 11. The lowest BCUT2D eigenvalue weighted by Crippen LogP contribution is -2.58. The number of aryl methyl sites for hydroxylation is 1. The summed E-state index contributed by atoms with van der Waals surface area (Å²) in [5.41, 5.74) is -0.306. The Bertz CT molecular complexity index is 1550. The molecule has 0 spiro atoms. The molecule has 4 heterocycles. The van der Waals surface area contributed by atoms with E-state index in [0.29, 0.717) is 23.4 Å². The number of benzene rings is 1. The Morgan fingerprint density at radius 1 is 1.20 bits per heavy atom. The van der Waals surface area contributed by atoms with Gasteiger partial charge in [-0.05, 0) is 76.4 Å². The van der Waals surface area contributed by atoms with E-state index < -0.39 is 11.5 Å². The molecule has 3 aromatic rings. The third-order valence-corrected chi connectivity index (χ3v) is 9.12. The summed E-state index contributed by atoms with van der Waals surface area (Å²) in [5.74, 6) is 0.142. The zero-order valence-corrected chi connectivity index (χ0v) is 27.7. The van der Waals surface area contributed by atoms with Crippen molar-refractivity contribution >= 4 is 29.1 Å². The molecule has 2 fully saturated rings. The molecule has 0 bridgehead atoms. The van der Waals surface area contributed by atoms with Crippen molar-refractivity contribution in [1.82, 2.24) is 34.7 Å². The minimum Gasteiger partial charge on any atom is -0.489 e. The predicted molar refractivity (Wildman–Crippen MR) is 169 cm³/mol. The van der Waals surface area contributed by atoms with E-state index in [9.17, 15) is 4.79 Å². The van der Waals surface area contributed by atoms with Crippen LogP contribution in [0, 0.1) is 5.82 Å². The molecule has 246 valence electrons. The highest BCUT2D eigenvalue weighted by atomic mass is 35.5. The molecule has 2 aliphatic heterocycles. The Morgan fingerprint density at radius 3 is 2.64 bits per heavy atom. The summed E-state index contributed by atoms with van der Waals surface area (Å²) in [5, 5.41) is 11.1. The van der Waals surface area contributed by atoms with Crippen molar-refractivity contribution in [3.8, 4) is 11.4 Å².